The van der Waals surface area contributed by atoms with Crippen LogP contribution in [0.1, 0.15) is 5.56 Å². The maximum atomic E-state index is 12.9. The average molecular weight is 450 g/mol. The number of rotatable bonds is 2. The molecule has 28 heavy (non-hydrogen) atoms. The van der Waals surface area contributed by atoms with Crippen LogP contribution in [0.4, 0.5) is 5.69 Å². The first-order valence-electron chi connectivity index (χ1n) is 8.16. The van der Waals surface area contributed by atoms with Crippen molar-refractivity contribution in [1.29, 1.82) is 0 Å². The van der Waals surface area contributed by atoms with E-state index in [9.17, 15) is 9.59 Å². The van der Waals surface area contributed by atoms with Crippen molar-refractivity contribution in [3.8, 4) is 0 Å². The van der Waals surface area contributed by atoms with Crippen molar-refractivity contribution in [2.75, 3.05) is 4.90 Å². The number of imidazole rings is 1. The van der Waals surface area contributed by atoms with Gasteiger partial charge >= 0.3 is 5.69 Å². The Hall–Kier alpha value is -2.06. The number of aromatic nitrogens is 2. The van der Waals surface area contributed by atoms with Crippen LogP contribution in [-0.2, 0) is 18.9 Å². The van der Waals surface area contributed by atoms with Crippen molar-refractivity contribution < 1.29 is 4.79 Å². The molecule has 2 heterocycles. The second kappa shape index (κ2) is 7.08. The Balaban J connectivity index is 1.73. The van der Waals surface area contributed by atoms with E-state index >= 15 is 0 Å². The Morgan fingerprint density at radius 2 is 1.68 bits per heavy atom. The largest absolute Gasteiger partial charge is 0.328 e. The van der Waals surface area contributed by atoms with Gasteiger partial charge in [-0.05, 0) is 42.0 Å². The summed E-state index contributed by atoms with van der Waals surface area (Å²) in [6.07, 6.45) is 1.77. The minimum atomic E-state index is -0.226. The molecule has 1 amide bonds. The number of fused-ring (bicyclic) bond motifs is 1. The van der Waals surface area contributed by atoms with Crippen molar-refractivity contribution in [3.63, 3.8) is 0 Å². The monoisotopic (exact) mass is 449 g/mol. The molecule has 1 saturated heterocycles. The van der Waals surface area contributed by atoms with E-state index in [1.165, 1.54) is 16.7 Å². The lowest BCUT2D eigenvalue weighted by atomic mass is 10.1. The molecule has 0 bridgehead atoms. The van der Waals surface area contributed by atoms with Crippen LogP contribution in [0.2, 0.25) is 10.0 Å². The number of hydrogen-bond acceptors (Lipinski definition) is 4. The molecule has 0 saturated carbocycles. The number of halogens is 2. The van der Waals surface area contributed by atoms with Gasteiger partial charge in [0.25, 0.3) is 5.91 Å². The van der Waals surface area contributed by atoms with Gasteiger partial charge < -0.3 is 0 Å². The first kappa shape index (κ1) is 19.3. The SMILES string of the molecule is Cn1c(=O)n(C)c2cc(/C=C3\SC(=S)N(c4ccc(Cl)c(Cl)c4)C3=O)ccc21. The molecular weight excluding hydrogens is 437 g/mol. The zero-order valence-electron chi connectivity index (χ0n) is 14.8. The van der Waals surface area contributed by atoms with Crippen LogP contribution < -0.4 is 10.6 Å². The first-order chi connectivity index (χ1) is 13.3. The van der Waals surface area contributed by atoms with Gasteiger partial charge in [0.1, 0.15) is 0 Å². The van der Waals surface area contributed by atoms with Gasteiger partial charge in [0.05, 0.1) is 31.7 Å². The van der Waals surface area contributed by atoms with Gasteiger partial charge in [-0.25, -0.2) is 4.79 Å². The van der Waals surface area contributed by atoms with Crippen LogP contribution in [-0.4, -0.2) is 19.4 Å². The van der Waals surface area contributed by atoms with Crippen molar-refractivity contribution in [2.24, 2.45) is 14.1 Å². The molecule has 0 radical (unpaired) electrons. The maximum Gasteiger partial charge on any atom is 0.328 e. The molecule has 0 aliphatic carbocycles. The van der Waals surface area contributed by atoms with Gasteiger partial charge in [0.2, 0.25) is 0 Å². The molecular formula is C19H13Cl2N3O2S2. The predicted molar refractivity (Wildman–Crippen MR) is 120 cm³/mol. The molecule has 4 rings (SSSR count). The van der Waals surface area contributed by atoms with Crippen LogP contribution >= 0.6 is 47.2 Å². The highest BCUT2D eigenvalue weighted by molar-refractivity contribution is 8.27. The third-order valence-corrected chi connectivity index (χ3v) is 6.59. The summed E-state index contributed by atoms with van der Waals surface area (Å²) in [5.74, 6) is -0.226. The highest BCUT2D eigenvalue weighted by Gasteiger charge is 2.33. The number of thiocarbonyl (C=S) groups is 1. The predicted octanol–water partition coefficient (Wildman–Crippen LogP) is 4.59. The molecule has 2 aromatic carbocycles. The lowest BCUT2D eigenvalue weighted by molar-refractivity contribution is -0.113. The van der Waals surface area contributed by atoms with Crippen LogP contribution in [0.15, 0.2) is 46.1 Å². The van der Waals surface area contributed by atoms with Gasteiger partial charge in [-0.3, -0.25) is 18.8 Å². The van der Waals surface area contributed by atoms with Gasteiger partial charge in [-0.2, -0.15) is 0 Å². The van der Waals surface area contributed by atoms with E-state index in [2.05, 4.69) is 0 Å². The van der Waals surface area contributed by atoms with Gasteiger partial charge in [0.15, 0.2) is 4.32 Å². The molecule has 5 nitrogen and oxygen atoms in total. The summed E-state index contributed by atoms with van der Waals surface area (Å²) in [5.41, 5.74) is 2.90. The summed E-state index contributed by atoms with van der Waals surface area (Å²) in [6, 6.07) is 10.6. The van der Waals surface area contributed by atoms with Crippen LogP contribution in [0.5, 0.6) is 0 Å². The van der Waals surface area contributed by atoms with E-state index in [1.807, 2.05) is 18.2 Å². The van der Waals surface area contributed by atoms with Crippen molar-refractivity contribution in [3.05, 3.63) is 67.4 Å². The first-order valence-corrected chi connectivity index (χ1v) is 10.1. The van der Waals surface area contributed by atoms with Crippen molar-refractivity contribution in [2.45, 2.75) is 0 Å². The minimum Gasteiger partial charge on any atom is -0.295 e. The summed E-state index contributed by atoms with van der Waals surface area (Å²) in [5, 5.41) is 0.765. The van der Waals surface area contributed by atoms with Crippen LogP contribution in [0.25, 0.3) is 17.1 Å². The fourth-order valence-electron chi connectivity index (χ4n) is 3.08. The third-order valence-electron chi connectivity index (χ3n) is 4.55. The number of thioether (sulfide) groups is 1. The number of amides is 1. The summed E-state index contributed by atoms with van der Waals surface area (Å²) in [7, 11) is 3.45. The molecule has 1 aliphatic heterocycles. The average Bonchev–Trinajstić information content (AvgIpc) is 3.06. The lowest BCUT2D eigenvalue weighted by Crippen LogP contribution is -2.27. The number of aryl methyl sites for hydroxylation is 2. The molecule has 9 heteroatoms. The molecule has 3 aromatic rings. The van der Waals surface area contributed by atoms with E-state index in [0.717, 1.165) is 16.6 Å². The second-order valence-electron chi connectivity index (χ2n) is 6.26. The number of anilines is 1. The molecule has 0 spiro atoms. The second-order valence-corrected chi connectivity index (χ2v) is 8.75. The quantitative estimate of drug-likeness (QED) is 0.423. The van der Waals surface area contributed by atoms with Crippen LogP contribution in [0.3, 0.4) is 0 Å². The van der Waals surface area contributed by atoms with E-state index < -0.39 is 0 Å². The van der Waals surface area contributed by atoms with Gasteiger partial charge in [-0.15, -0.1) is 0 Å². The molecule has 142 valence electrons. The summed E-state index contributed by atoms with van der Waals surface area (Å²) in [4.78, 5) is 27.0. The van der Waals surface area contributed by atoms with E-state index in [1.54, 1.807) is 47.5 Å². The Labute approximate surface area is 180 Å². The zero-order valence-corrected chi connectivity index (χ0v) is 17.9. The number of carbonyl (C=O) groups excluding carboxylic acids is 1. The van der Waals surface area contributed by atoms with Crippen molar-refractivity contribution in [1.82, 2.24) is 9.13 Å². The standard InChI is InChI=1S/C19H13Cl2N3O2S2/c1-22-14-6-3-10(7-15(14)23(2)18(22)26)8-16-17(25)24(19(27)28-16)11-4-5-12(20)13(21)9-11/h3-9H,1-2H3/b16-8-. The zero-order chi connectivity index (χ0) is 20.2. The van der Waals surface area contributed by atoms with Gasteiger partial charge in [0, 0.05) is 14.1 Å². The highest BCUT2D eigenvalue weighted by Crippen LogP contribution is 2.38. The third kappa shape index (κ3) is 3.08. The lowest BCUT2D eigenvalue weighted by Gasteiger charge is -2.15. The van der Waals surface area contributed by atoms with Gasteiger partial charge in [-0.1, -0.05) is 53.2 Å². The number of carbonyl (C=O) groups is 1. The molecule has 0 unspecified atom stereocenters. The van der Waals surface area contributed by atoms with E-state index in [0.29, 0.717) is 25.0 Å². The summed E-state index contributed by atoms with van der Waals surface area (Å²) < 4.78 is 3.58. The van der Waals surface area contributed by atoms with Crippen LogP contribution in [0, 0.1) is 0 Å². The van der Waals surface area contributed by atoms with E-state index in [-0.39, 0.29) is 11.6 Å². The fourth-order valence-corrected chi connectivity index (χ4v) is 4.67. The fraction of sp³-hybridized carbons (Fsp3) is 0.105. The van der Waals surface area contributed by atoms with E-state index in [4.69, 9.17) is 35.4 Å². The Morgan fingerprint density at radius 3 is 2.39 bits per heavy atom. The van der Waals surface area contributed by atoms with Crippen molar-refractivity contribution >= 4 is 80.2 Å². The molecule has 0 atom stereocenters. The number of hydrogen-bond donors (Lipinski definition) is 0. The maximum absolute atomic E-state index is 12.9. The Bertz CT molecular complexity index is 1260. The smallest absolute Gasteiger partial charge is 0.295 e. The molecule has 0 N–H and O–H groups in total. The molecule has 1 aromatic heterocycles. The summed E-state index contributed by atoms with van der Waals surface area (Å²) >= 11 is 18.6. The minimum absolute atomic E-state index is 0.0990. The Morgan fingerprint density at radius 1 is 0.964 bits per heavy atom. The molecule has 1 aliphatic rings. The highest BCUT2D eigenvalue weighted by atomic mass is 35.5. The molecule has 1 fully saturated rings. The Kier molecular flexibility index (Phi) is 4.87. The number of nitrogens with zero attached hydrogens (tertiary/aromatic N) is 3. The summed E-state index contributed by atoms with van der Waals surface area (Å²) in [6.45, 7) is 0. The normalized spacial score (nSPS) is 16.0. The topological polar surface area (TPSA) is 47.2 Å². The number of benzene rings is 2.